The Morgan fingerprint density at radius 1 is 1.41 bits per heavy atom. The summed E-state index contributed by atoms with van der Waals surface area (Å²) in [5.41, 5.74) is 1.36. The zero-order valence-corrected chi connectivity index (χ0v) is 10.2. The second kappa shape index (κ2) is 5.32. The molecule has 92 valence electrons. The molecular weight excluding hydrogens is 214 g/mol. The molecule has 17 heavy (non-hydrogen) atoms. The molecule has 1 N–H and O–H groups in total. The minimum Gasteiger partial charge on any atom is -0.481 e. The summed E-state index contributed by atoms with van der Waals surface area (Å²) < 4.78 is 0. The van der Waals surface area contributed by atoms with Crippen LogP contribution in [0, 0.1) is 5.92 Å². The highest BCUT2D eigenvalue weighted by Gasteiger charge is 2.31. The second-order valence-electron chi connectivity index (χ2n) is 4.90. The summed E-state index contributed by atoms with van der Waals surface area (Å²) in [5.74, 6) is -0.250. The molecule has 3 nitrogen and oxygen atoms in total. The predicted octanol–water partition coefficient (Wildman–Crippen LogP) is 2.20. The van der Waals surface area contributed by atoms with Crippen molar-refractivity contribution >= 4 is 5.97 Å². The minimum atomic E-state index is -0.655. The molecule has 1 saturated heterocycles. The van der Waals surface area contributed by atoms with Crippen molar-refractivity contribution in [2.75, 3.05) is 19.6 Å². The molecule has 1 aliphatic rings. The lowest BCUT2D eigenvalue weighted by atomic mass is 9.95. The fourth-order valence-electron chi connectivity index (χ4n) is 2.23. The molecule has 2 rings (SSSR count). The number of likely N-dealkylation sites (tertiary alicyclic amines) is 1. The first-order valence-electron chi connectivity index (χ1n) is 6.17. The smallest absolute Gasteiger partial charge is 0.309 e. The van der Waals surface area contributed by atoms with Gasteiger partial charge >= 0.3 is 5.97 Å². The highest BCUT2D eigenvalue weighted by atomic mass is 16.4. The monoisotopic (exact) mass is 233 g/mol. The number of carboxylic acids is 1. The van der Waals surface area contributed by atoms with Crippen LogP contribution in [0.25, 0.3) is 0 Å². The van der Waals surface area contributed by atoms with Crippen molar-refractivity contribution in [1.82, 2.24) is 4.90 Å². The molecule has 0 unspecified atom stereocenters. The third kappa shape index (κ3) is 3.07. The Kier molecular flexibility index (Phi) is 3.79. The molecule has 0 saturated carbocycles. The Labute approximate surface area is 102 Å². The fourth-order valence-corrected chi connectivity index (χ4v) is 2.23. The predicted molar refractivity (Wildman–Crippen MR) is 67.0 cm³/mol. The Balaban J connectivity index is 1.72. The number of benzene rings is 1. The highest BCUT2D eigenvalue weighted by Crippen LogP contribution is 2.22. The first-order valence-corrected chi connectivity index (χ1v) is 6.17. The van der Waals surface area contributed by atoms with Gasteiger partial charge in [-0.2, -0.15) is 0 Å². The molecule has 1 aromatic rings. The molecule has 1 heterocycles. The average molecular weight is 233 g/mol. The molecule has 0 aromatic heterocycles. The number of rotatable bonds is 5. The van der Waals surface area contributed by atoms with Gasteiger partial charge in [-0.05, 0) is 24.4 Å². The maximum Gasteiger partial charge on any atom is 0.309 e. The van der Waals surface area contributed by atoms with Gasteiger partial charge in [0.1, 0.15) is 0 Å². The Morgan fingerprint density at radius 2 is 2.06 bits per heavy atom. The lowest BCUT2D eigenvalue weighted by molar-refractivity contribution is -0.147. The molecule has 1 fully saturated rings. The van der Waals surface area contributed by atoms with Gasteiger partial charge in [-0.3, -0.25) is 4.79 Å². The number of hydrogen-bond donors (Lipinski definition) is 1. The number of hydrogen-bond acceptors (Lipinski definition) is 2. The first-order chi connectivity index (χ1) is 8.16. The van der Waals surface area contributed by atoms with E-state index >= 15 is 0 Å². The van der Waals surface area contributed by atoms with E-state index in [1.807, 2.05) is 6.07 Å². The van der Waals surface area contributed by atoms with Crippen LogP contribution in [0.1, 0.15) is 24.8 Å². The van der Waals surface area contributed by atoms with Crippen LogP contribution in [0.3, 0.4) is 0 Å². The van der Waals surface area contributed by atoms with Gasteiger partial charge in [0.2, 0.25) is 0 Å². The standard InChI is InChI=1S/C14H19NO2/c1-11(12-5-3-2-4-6-12)7-8-15-9-13(10-15)14(16)17/h2-6,11,13H,7-10H2,1H3,(H,16,17)/t11-/m1/s1. The van der Waals surface area contributed by atoms with Crippen molar-refractivity contribution in [2.45, 2.75) is 19.3 Å². The summed E-state index contributed by atoms with van der Waals surface area (Å²) in [6.45, 7) is 4.66. The summed E-state index contributed by atoms with van der Waals surface area (Å²) in [7, 11) is 0. The number of carbonyl (C=O) groups is 1. The number of nitrogens with zero attached hydrogens (tertiary/aromatic N) is 1. The summed E-state index contributed by atoms with van der Waals surface area (Å²) >= 11 is 0. The van der Waals surface area contributed by atoms with Crippen LogP contribution in [-0.4, -0.2) is 35.6 Å². The normalized spacial score (nSPS) is 18.6. The largest absolute Gasteiger partial charge is 0.481 e. The molecule has 3 heteroatoms. The molecular formula is C14H19NO2. The molecule has 1 aromatic carbocycles. The second-order valence-corrected chi connectivity index (χ2v) is 4.90. The van der Waals surface area contributed by atoms with Crippen molar-refractivity contribution in [3.63, 3.8) is 0 Å². The van der Waals surface area contributed by atoms with Gasteiger partial charge in [-0.1, -0.05) is 37.3 Å². The average Bonchev–Trinajstić information content (AvgIpc) is 2.27. The summed E-state index contributed by atoms with van der Waals surface area (Å²) in [4.78, 5) is 12.9. The highest BCUT2D eigenvalue weighted by molar-refractivity contribution is 5.71. The maximum atomic E-state index is 10.7. The lowest BCUT2D eigenvalue weighted by Gasteiger charge is -2.37. The van der Waals surface area contributed by atoms with Gasteiger partial charge in [0.15, 0.2) is 0 Å². The van der Waals surface area contributed by atoms with Crippen LogP contribution in [0.5, 0.6) is 0 Å². The zero-order chi connectivity index (χ0) is 12.3. The summed E-state index contributed by atoms with van der Waals surface area (Å²) in [6, 6.07) is 10.5. The van der Waals surface area contributed by atoms with E-state index in [4.69, 9.17) is 5.11 Å². The fraction of sp³-hybridized carbons (Fsp3) is 0.500. The third-order valence-corrected chi connectivity index (χ3v) is 3.55. The van der Waals surface area contributed by atoms with Crippen LogP contribution in [0.15, 0.2) is 30.3 Å². The maximum absolute atomic E-state index is 10.7. The third-order valence-electron chi connectivity index (χ3n) is 3.55. The van der Waals surface area contributed by atoms with Crippen molar-refractivity contribution in [2.24, 2.45) is 5.92 Å². The van der Waals surface area contributed by atoms with Gasteiger partial charge in [-0.25, -0.2) is 0 Å². The summed E-state index contributed by atoms with van der Waals surface area (Å²) in [5, 5.41) is 8.78. The van der Waals surface area contributed by atoms with Gasteiger partial charge in [0.25, 0.3) is 0 Å². The number of aliphatic carboxylic acids is 1. The van der Waals surface area contributed by atoms with Crippen molar-refractivity contribution in [3.05, 3.63) is 35.9 Å². The quantitative estimate of drug-likeness (QED) is 0.847. The van der Waals surface area contributed by atoms with Crippen molar-refractivity contribution in [3.8, 4) is 0 Å². The van der Waals surface area contributed by atoms with E-state index in [1.54, 1.807) is 0 Å². The Hall–Kier alpha value is -1.35. The van der Waals surface area contributed by atoms with E-state index in [-0.39, 0.29) is 5.92 Å². The van der Waals surface area contributed by atoms with E-state index in [2.05, 4.69) is 36.1 Å². The van der Waals surface area contributed by atoms with E-state index in [9.17, 15) is 4.79 Å². The van der Waals surface area contributed by atoms with Crippen molar-refractivity contribution in [1.29, 1.82) is 0 Å². The Bertz CT molecular complexity index is 371. The van der Waals surface area contributed by atoms with Gasteiger partial charge < -0.3 is 10.0 Å². The minimum absolute atomic E-state index is 0.137. The van der Waals surface area contributed by atoms with Crippen LogP contribution in [-0.2, 0) is 4.79 Å². The molecule has 1 aliphatic heterocycles. The van der Waals surface area contributed by atoms with Gasteiger partial charge in [0.05, 0.1) is 5.92 Å². The molecule has 1 atom stereocenters. The zero-order valence-electron chi connectivity index (χ0n) is 10.2. The Morgan fingerprint density at radius 3 is 2.65 bits per heavy atom. The van der Waals surface area contributed by atoms with E-state index in [0.29, 0.717) is 5.92 Å². The van der Waals surface area contributed by atoms with E-state index in [0.717, 1.165) is 26.1 Å². The lowest BCUT2D eigenvalue weighted by Crippen LogP contribution is -2.50. The number of carboxylic acid groups (broad SMARTS) is 1. The molecule has 0 amide bonds. The van der Waals surface area contributed by atoms with Gasteiger partial charge in [-0.15, -0.1) is 0 Å². The first kappa shape index (κ1) is 12.1. The summed E-state index contributed by atoms with van der Waals surface area (Å²) in [6.07, 6.45) is 1.09. The molecule has 0 radical (unpaired) electrons. The topological polar surface area (TPSA) is 40.5 Å². The van der Waals surface area contributed by atoms with Crippen LogP contribution >= 0.6 is 0 Å². The van der Waals surface area contributed by atoms with Crippen LogP contribution < -0.4 is 0 Å². The van der Waals surface area contributed by atoms with E-state index < -0.39 is 5.97 Å². The van der Waals surface area contributed by atoms with Crippen LogP contribution in [0.4, 0.5) is 0 Å². The molecule has 0 bridgehead atoms. The molecule has 0 spiro atoms. The van der Waals surface area contributed by atoms with Crippen molar-refractivity contribution < 1.29 is 9.90 Å². The SMILES string of the molecule is C[C@H](CCN1CC(C(=O)O)C1)c1ccccc1. The molecule has 0 aliphatic carbocycles. The van der Waals surface area contributed by atoms with Crippen LogP contribution in [0.2, 0.25) is 0 Å². The van der Waals surface area contributed by atoms with Gasteiger partial charge in [0, 0.05) is 13.1 Å². The van der Waals surface area contributed by atoms with E-state index in [1.165, 1.54) is 5.56 Å².